The van der Waals surface area contributed by atoms with Crippen molar-refractivity contribution in [1.29, 1.82) is 0 Å². The minimum absolute atomic E-state index is 0.175. The van der Waals surface area contributed by atoms with Gasteiger partial charge in [-0.2, -0.15) is 0 Å². The molecule has 0 bridgehead atoms. The first-order valence-electron chi connectivity index (χ1n) is 6.50. The fourth-order valence-corrected chi connectivity index (χ4v) is 2.24. The first-order valence-corrected chi connectivity index (χ1v) is 6.50. The summed E-state index contributed by atoms with van der Waals surface area (Å²) in [6, 6.07) is 8.52. The molecule has 1 aromatic heterocycles. The Morgan fingerprint density at radius 1 is 1.25 bits per heavy atom. The summed E-state index contributed by atoms with van der Waals surface area (Å²) in [5.41, 5.74) is 1.40. The molecule has 0 radical (unpaired) electrons. The molecule has 0 aliphatic carbocycles. The van der Waals surface area contributed by atoms with Crippen molar-refractivity contribution in [2.75, 3.05) is 0 Å². The number of carboxylic acid groups (broad SMARTS) is 1. The smallest absolute Gasteiger partial charge is 0.326 e. The molecule has 0 fully saturated rings. The molecule has 1 amide bonds. The number of carbonyl (C=O) groups is 2. The van der Waals surface area contributed by atoms with Gasteiger partial charge in [-0.25, -0.2) is 4.79 Å². The van der Waals surface area contributed by atoms with E-state index in [0.29, 0.717) is 5.69 Å². The van der Waals surface area contributed by atoms with Gasteiger partial charge < -0.3 is 15.0 Å². The Hall–Kier alpha value is -2.30. The quantitative estimate of drug-likeness (QED) is 0.896. The van der Waals surface area contributed by atoms with Crippen LogP contribution in [-0.4, -0.2) is 27.6 Å². The third-order valence-corrected chi connectivity index (χ3v) is 3.40. The van der Waals surface area contributed by atoms with Gasteiger partial charge in [0, 0.05) is 18.0 Å². The van der Waals surface area contributed by atoms with Gasteiger partial charge in [0.2, 0.25) is 0 Å². The highest BCUT2D eigenvalue weighted by Crippen LogP contribution is 2.18. The van der Waals surface area contributed by atoms with Crippen molar-refractivity contribution in [2.45, 2.75) is 19.9 Å². The van der Waals surface area contributed by atoms with Crippen LogP contribution in [0, 0.1) is 5.92 Å². The molecular formula is C15H18N2O3. The molecule has 0 saturated heterocycles. The fraction of sp³-hybridized carbons (Fsp3) is 0.333. The van der Waals surface area contributed by atoms with Gasteiger partial charge in [-0.1, -0.05) is 32.0 Å². The summed E-state index contributed by atoms with van der Waals surface area (Å²) in [7, 11) is 1.79. The van der Waals surface area contributed by atoms with E-state index in [9.17, 15) is 9.59 Å². The van der Waals surface area contributed by atoms with Crippen LogP contribution in [0.1, 0.15) is 24.3 Å². The van der Waals surface area contributed by atoms with E-state index in [4.69, 9.17) is 5.11 Å². The van der Waals surface area contributed by atoms with E-state index in [0.717, 1.165) is 10.9 Å². The first-order chi connectivity index (χ1) is 9.41. The summed E-state index contributed by atoms with van der Waals surface area (Å²) in [4.78, 5) is 23.4. The largest absolute Gasteiger partial charge is 0.480 e. The summed E-state index contributed by atoms with van der Waals surface area (Å²) in [5.74, 6) is -1.57. The molecule has 0 saturated carbocycles. The number of hydrogen-bond donors (Lipinski definition) is 2. The van der Waals surface area contributed by atoms with Crippen molar-refractivity contribution in [2.24, 2.45) is 13.0 Å². The minimum atomic E-state index is -1.02. The number of rotatable bonds is 4. The van der Waals surface area contributed by atoms with Crippen LogP contribution in [0.3, 0.4) is 0 Å². The maximum Gasteiger partial charge on any atom is 0.326 e. The summed E-state index contributed by atoms with van der Waals surface area (Å²) < 4.78 is 1.77. The van der Waals surface area contributed by atoms with Gasteiger partial charge in [-0.05, 0) is 18.1 Å². The fourth-order valence-electron chi connectivity index (χ4n) is 2.24. The molecule has 5 heteroatoms. The molecule has 0 spiro atoms. The predicted molar refractivity (Wildman–Crippen MR) is 76.6 cm³/mol. The van der Waals surface area contributed by atoms with E-state index in [1.165, 1.54) is 0 Å². The maximum absolute atomic E-state index is 12.3. The average molecular weight is 274 g/mol. The van der Waals surface area contributed by atoms with Gasteiger partial charge in [0.25, 0.3) is 5.91 Å². The normalized spacial score (nSPS) is 12.6. The molecule has 1 atom stereocenters. The Balaban J connectivity index is 2.32. The Bertz CT molecular complexity index is 658. The zero-order valence-electron chi connectivity index (χ0n) is 11.8. The minimum Gasteiger partial charge on any atom is -0.480 e. The molecule has 106 valence electrons. The number of benzene rings is 1. The van der Waals surface area contributed by atoms with Gasteiger partial charge >= 0.3 is 5.97 Å². The van der Waals surface area contributed by atoms with Crippen LogP contribution in [0.2, 0.25) is 0 Å². The number of aromatic nitrogens is 1. The van der Waals surface area contributed by atoms with E-state index >= 15 is 0 Å². The van der Waals surface area contributed by atoms with Crippen molar-refractivity contribution in [3.63, 3.8) is 0 Å². The molecule has 0 aliphatic heterocycles. The highest BCUT2D eigenvalue weighted by atomic mass is 16.4. The lowest BCUT2D eigenvalue weighted by Gasteiger charge is -2.18. The number of hydrogen-bond acceptors (Lipinski definition) is 2. The number of amides is 1. The van der Waals surface area contributed by atoms with Gasteiger partial charge in [-0.3, -0.25) is 4.79 Å². The molecule has 2 N–H and O–H groups in total. The second kappa shape index (κ2) is 5.36. The lowest BCUT2D eigenvalue weighted by atomic mass is 10.0. The van der Waals surface area contributed by atoms with E-state index in [2.05, 4.69) is 5.32 Å². The monoisotopic (exact) mass is 274 g/mol. The molecule has 20 heavy (non-hydrogen) atoms. The average Bonchev–Trinajstić information content (AvgIpc) is 2.73. The van der Waals surface area contributed by atoms with Crippen LogP contribution in [0.4, 0.5) is 0 Å². The number of para-hydroxylation sites is 1. The van der Waals surface area contributed by atoms with Crippen LogP contribution in [0.15, 0.2) is 30.3 Å². The summed E-state index contributed by atoms with van der Waals surface area (Å²) in [5, 5.41) is 12.7. The van der Waals surface area contributed by atoms with Crippen molar-refractivity contribution in [3.8, 4) is 0 Å². The van der Waals surface area contributed by atoms with Crippen LogP contribution in [0.5, 0.6) is 0 Å². The molecule has 0 aliphatic rings. The third kappa shape index (κ3) is 2.52. The zero-order valence-corrected chi connectivity index (χ0v) is 11.8. The number of carboxylic acids is 1. The molecule has 0 unspecified atom stereocenters. The highest BCUT2D eigenvalue weighted by molar-refractivity contribution is 6.00. The summed E-state index contributed by atoms with van der Waals surface area (Å²) in [6.45, 7) is 3.53. The van der Waals surface area contributed by atoms with Crippen LogP contribution in [0.25, 0.3) is 10.9 Å². The number of nitrogens with zero attached hydrogens (tertiary/aromatic N) is 1. The molecule has 2 rings (SSSR count). The Kier molecular flexibility index (Phi) is 3.79. The second-order valence-electron chi connectivity index (χ2n) is 5.18. The maximum atomic E-state index is 12.3. The second-order valence-corrected chi connectivity index (χ2v) is 5.18. The lowest BCUT2D eigenvalue weighted by Crippen LogP contribution is -2.44. The van der Waals surface area contributed by atoms with E-state index in [1.54, 1.807) is 31.5 Å². The first kappa shape index (κ1) is 14.1. The topological polar surface area (TPSA) is 71.3 Å². The van der Waals surface area contributed by atoms with Gasteiger partial charge in [0.05, 0.1) is 0 Å². The number of carbonyl (C=O) groups excluding carboxylic acids is 1. The summed E-state index contributed by atoms with van der Waals surface area (Å²) in [6.07, 6.45) is 0. The Labute approximate surface area is 117 Å². The van der Waals surface area contributed by atoms with Crippen LogP contribution >= 0.6 is 0 Å². The number of nitrogens with one attached hydrogen (secondary N) is 1. The van der Waals surface area contributed by atoms with Crippen molar-refractivity contribution in [1.82, 2.24) is 9.88 Å². The van der Waals surface area contributed by atoms with Crippen LogP contribution < -0.4 is 5.32 Å². The standard InChI is InChI=1S/C15H18N2O3/c1-9(2)13(15(19)20)16-14(18)12-8-10-6-4-5-7-11(10)17(12)3/h4-9,13H,1-3H3,(H,16,18)(H,19,20)/t13-/m0/s1. The molecule has 1 aromatic carbocycles. The van der Waals surface area contributed by atoms with Gasteiger partial charge in [0.15, 0.2) is 0 Å². The highest BCUT2D eigenvalue weighted by Gasteiger charge is 2.25. The Morgan fingerprint density at radius 2 is 1.90 bits per heavy atom. The predicted octanol–water partition coefficient (Wildman–Crippen LogP) is 2.02. The molecule has 2 aromatic rings. The third-order valence-electron chi connectivity index (χ3n) is 3.40. The number of fused-ring (bicyclic) bond motifs is 1. The molecular weight excluding hydrogens is 256 g/mol. The van der Waals surface area contributed by atoms with Crippen molar-refractivity contribution >= 4 is 22.8 Å². The van der Waals surface area contributed by atoms with E-state index in [-0.39, 0.29) is 11.8 Å². The van der Waals surface area contributed by atoms with Gasteiger partial charge in [-0.15, -0.1) is 0 Å². The van der Waals surface area contributed by atoms with E-state index in [1.807, 2.05) is 24.3 Å². The van der Waals surface area contributed by atoms with Crippen molar-refractivity contribution in [3.05, 3.63) is 36.0 Å². The number of aliphatic carboxylic acids is 1. The molecule has 5 nitrogen and oxygen atoms in total. The SMILES string of the molecule is CC(C)[C@H](NC(=O)c1cc2ccccc2n1C)C(=O)O. The zero-order chi connectivity index (χ0) is 14.9. The number of aryl methyl sites for hydroxylation is 1. The van der Waals surface area contributed by atoms with E-state index < -0.39 is 12.0 Å². The van der Waals surface area contributed by atoms with Gasteiger partial charge in [0.1, 0.15) is 11.7 Å². The molecule has 1 heterocycles. The van der Waals surface area contributed by atoms with Crippen LogP contribution in [-0.2, 0) is 11.8 Å². The Morgan fingerprint density at radius 3 is 2.45 bits per heavy atom. The summed E-state index contributed by atoms with van der Waals surface area (Å²) >= 11 is 0. The van der Waals surface area contributed by atoms with Crippen molar-refractivity contribution < 1.29 is 14.7 Å². The lowest BCUT2D eigenvalue weighted by molar-refractivity contribution is -0.140.